The number of benzene rings is 1. The lowest BCUT2D eigenvalue weighted by molar-refractivity contribution is -0.143. The lowest BCUT2D eigenvalue weighted by atomic mass is 10.1. The van der Waals surface area contributed by atoms with Gasteiger partial charge in [0, 0.05) is 31.9 Å². The van der Waals surface area contributed by atoms with Crippen LogP contribution in [0.1, 0.15) is 11.1 Å². The molecular weight excluding hydrogens is 384 g/mol. The first-order chi connectivity index (χ1) is 12.1. The highest BCUT2D eigenvalue weighted by Gasteiger charge is 2.37. The van der Waals surface area contributed by atoms with Crippen molar-refractivity contribution in [1.82, 2.24) is 10.2 Å². The van der Waals surface area contributed by atoms with Crippen LogP contribution in [0.2, 0.25) is 0 Å². The summed E-state index contributed by atoms with van der Waals surface area (Å²) >= 11 is 4.95. The topological polar surface area (TPSA) is 36.5 Å². The second-order valence-electron chi connectivity index (χ2n) is 5.63. The Morgan fingerprint density at radius 3 is 2.04 bits per heavy atom. The molecule has 1 fully saturated rings. The fourth-order valence-corrected chi connectivity index (χ4v) is 2.57. The van der Waals surface area contributed by atoms with Crippen molar-refractivity contribution >= 4 is 23.0 Å². The molecule has 0 saturated carbocycles. The van der Waals surface area contributed by atoms with Crippen LogP contribution in [0, 0.1) is 0 Å². The SMILES string of the molecule is FC(F)(F)c1cc(NC(=S)NCCN2CCOCC2)cc(C(F)(F)F)c1. The van der Waals surface area contributed by atoms with E-state index in [1.807, 2.05) is 0 Å². The van der Waals surface area contributed by atoms with E-state index in [0.29, 0.717) is 38.4 Å². The number of ether oxygens (including phenoxy) is 1. The minimum absolute atomic E-state index is 0.0503. The summed E-state index contributed by atoms with van der Waals surface area (Å²) in [7, 11) is 0. The highest BCUT2D eigenvalue weighted by atomic mass is 32.1. The maximum Gasteiger partial charge on any atom is 0.416 e. The summed E-state index contributed by atoms with van der Waals surface area (Å²) in [5.41, 5.74) is -3.17. The van der Waals surface area contributed by atoms with Crippen molar-refractivity contribution in [3.05, 3.63) is 29.3 Å². The van der Waals surface area contributed by atoms with Gasteiger partial charge in [0.1, 0.15) is 0 Å². The summed E-state index contributed by atoms with van der Waals surface area (Å²) in [6, 6.07) is 1.25. The molecule has 26 heavy (non-hydrogen) atoms. The highest BCUT2D eigenvalue weighted by molar-refractivity contribution is 7.80. The van der Waals surface area contributed by atoms with Crippen LogP contribution in [-0.2, 0) is 17.1 Å². The summed E-state index contributed by atoms with van der Waals surface area (Å²) in [6.07, 6.45) is -9.80. The average Bonchev–Trinajstić information content (AvgIpc) is 2.54. The van der Waals surface area contributed by atoms with Crippen LogP contribution < -0.4 is 10.6 Å². The molecule has 0 atom stereocenters. The van der Waals surface area contributed by atoms with Crippen LogP contribution in [0.3, 0.4) is 0 Å². The van der Waals surface area contributed by atoms with Crippen LogP contribution in [-0.4, -0.2) is 49.4 Å². The molecule has 0 aromatic heterocycles. The summed E-state index contributed by atoms with van der Waals surface area (Å²) in [4.78, 5) is 2.10. The fourth-order valence-electron chi connectivity index (χ4n) is 2.35. The van der Waals surface area contributed by atoms with Crippen LogP contribution in [0.25, 0.3) is 0 Å². The molecule has 0 amide bonds. The minimum atomic E-state index is -4.90. The smallest absolute Gasteiger partial charge is 0.379 e. The number of thiocarbonyl (C=S) groups is 1. The first kappa shape index (κ1) is 20.7. The number of anilines is 1. The lowest BCUT2D eigenvalue weighted by Crippen LogP contribution is -2.42. The molecule has 2 rings (SSSR count). The van der Waals surface area contributed by atoms with Gasteiger partial charge < -0.3 is 15.4 Å². The number of rotatable bonds is 4. The van der Waals surface area contributed by atoms with E-state index < -0.39 is 23.5 Å². The summed E-state index contributed by atoms with van der Waals surface area (Å²) in [5, 5.41) is 5.10. The largest absolute Gasteiger partial charge is 0.416 e. The van der Waals surface area contributed by atoms with E-state index in [4.69, 9.17) is 17.0 Å². The van der Waals surface area contributed by atoms with E-state index in [1.54, 1.807) is 0 Å². The third-order valence-corrected chi connectivity index (χ3v) is 3.91. The van der Waals surface area contributed by atoms with Gasteiger partial charge in [-0.3, -0.25) is 4.90 Å². The standard InChI is InChI=1S/C15H17F6N3OS/c16-14(17,18)10-7-11(15(19,20)21)9-12(8-10)23-13(26)22-1-2-24-3-5-25-6-4-24/h7-9H,1-6H2,(H2,22,23,26). The van der Waals surface area contributed by atoms with Gasteiger partial charge in [-0.1, -0.05) is 0 Å². The number of nitrogens with zero attached hydrogens (tertiary/aromatic N) is 1. The van der Waals surface area contributed by atoms with Crippen LogP contribution in [0.4, 0.5) is 32.0 Å². The zero-order valence-corrected chi connectivity index (χ0v) is 14.3. The van der Waals surface area contributed by atoms with Crippen molar-refractivity contribution < 1.29 is 31.1 Å². The number of hydrogen-bond acceptors (Lipinski definition) is 3. The zero-order valence-electron chi connectivity index (χ0n) is 13.5. The number of alkyl halides is 6. The highest BCUT2D eigenvalue weighted by Crippen LogP contribution is 2.37. The van der Waals surface area contributed by atoms with E-state index in [9.17, 15) is 26.3 Å². The number of hydrogen-bond donors (Lipinski definition) is 2. The Morgan fingerprint density at radius 2 is 1.54 bits per heavy atom. The number of nitrogens with one attached hydrogen (secondary N) is 2. The van der Waals surface area contributed by atoms with Gasteiger partial charge in [-0.25, -0.2) is 0 Å². The summed E-state index contributed by atoms with van der Waals surface area (Å²) in [5.74, 6) is 0. The molecule has 1 aromatic rings. The molecule has 11 heteroatoms. The molecule has 2 N–H and O–H groups in total. The molecule has 1 saturated heterocycles. The summed E-state index contributed by atoms with van der Waals surface area (Å²) < 4.78 is 82.1. The predicted molar refractivity (Wildman–Crippen MR) is 87.9 cm³/mol. The number of halogens is 6. The Morgan fingerprint density at radius 1 is 1.00 bits per heavy atom. The quantitative estimate of drug-likeness (QED) is 0.598. The normalized spacial score (nSPS) is 16.4. The minimum Gasteiger partial charge on any atom is -0.379 e. The van der Waals surface area contributed by atoms with Gasteiger partial charge in [-0.05, 0) is 30.4 Å². The Bertz CT molecular complexity index is 597. The van der Waals surface area contributed by atoms with Crippen molar-refractivity contribution in [2.45, 2.75) is 12.4 Å². The third-order valence-electron chi connectivity index (χ3n) is 3.66. The molecular formula is C15H17F6N3OS. The Hall–Kier alpha value is -1.59. The second kappa shape index (κ2) is 8.40. The molecule has 0 spiro atoms. The van der Waals surface area contributed by atoms with Gasteiger partial charge in [0.2, 0.25) is 0 Å². The molecule has 4 nitrogen and oxygen atoms in total. The molecule has 0 bridgehead atoms. The van der Waals surface area contributed by atoms with Gasteiger partial charge in [0.15, 0.2) is 5.11 Å². The molecule has 1 aromatic carbocycles. The average molecular weight is 401 g/mol. The van der Waals surface area contributed by atoms with Gasteiger partial charge >= 0.3 is 12.4 Å². The maximum absolute atomic E-state index is 12.8. The molecule has 1 aliphatic rings. The molecule has 1 heterocycles. The molecule has 146 valence electrons. The van der Waals surface area contributed by atoms with Gasteiger partial charge in [-0.2, -0.15) is 26.3 Å². The summed E-state index contributed by atoms with van der Waals surface area (Å²) in [6.45, 7) is 3.77. The predicted octanol–water partition coefficient (Wildman–Crippen LogP) is 3.34. The zero-order chi connectivity index (χ0) is 19.4. The van der Waals surface area contributed by atoms with E-state index in [0.717, 1.165) is 13.1 Å². The van der Waals surface area contributed by atoms with Crippen molar-refractivity contribution in [2.24, 2.45) is 0 Å². The monoisotopic (exact) mass is 401 g/mol. The fraction of sp³-hybridized carbons (Fsp3) is 0.533. The molecule has 1 aliphatic heterocycles. The van der Waals surface area contributed by atoms with Crippen molar-refractivity contribution in [1.29, 1.82) is 0 Å². The van der Waals surface area contributed by atoms with Crippen LogP contribution in [0.15, 0.2) is 18.2 Å². The van der Waals surface area contributed by atoms with Crippen LogP contribution in [0.5, 0.6) is 0 Å². The Labute approximate surface area is 151 Å². The molecule has 0 aliphatic carbocycles. The van der Waals surface area contributed by atoms with Crippen molar-refractivity contribution in [3.63, 3.8) is 0 Å². The lowest BCUT2D eigenvalue weighted by Gasteiger charge is -2.26. The number of morpholine rings is 1. The third kappa shape index (κ3) is 6.29. The Kier molecular flexibility index (Phi) is 6.69. The first-order valence-electron chi connectivity index (χ1n) is 7.70. The van der Waals surface area contributed by atoms with Gasteiger partial charge in [0.25, 0.3) is 0 Å². The Balaban J connectivity index is 1.99. The van der Waals surface area contributed by atoms with E-state index in [1.165, 1.54) is 0 Å². The van der Waals surface area contributed by atoms with E-state index >= 15 is 0 Å². The van der Waals surface area contributed by atoms with E-state index in [-0.39, 0.29) is 16.9 Å². The van der Waals surface area contributed by atoms with Crippen LogP contribution >= 0.6 is 12.2 Å². The van der Waals surface area contributed by atoms with Gasteiger partial charge in [-0.15, -0.1) is 0 Å². The maximum atomic E-state index is 12.8. The first-order valence-corrected chi connectivity index (χ1v) is 8.11. The molecule has 0 unspecified atom stereocenters. The van der Waals surface area contributed by atoms with E-state index in [2.05, 4.69) is 15.5 Å². The molecule has 0 radical (unpaired) electrons. The second-order valence-corrected chi connectivity index (χ2v) is 6.04. The van der Waals surface area contributed by atoms with Crippen molar-refractivity contribution in [3.8, 4) is 0 Å². The van der Waals surface area contributed by atoms with Gasteiger partial charge in [0.05, 0.1) is 24.3 Å². The van der Waals surface area contributed by atoms with Crippen molar-refractivity contribution in [2.75, 3.05) is 44.7 Å².